The van der Waals surface area contributed by atoms with Gasteiger partial charge in [0.15, 0.2) is 5.82 Å². The van der Waals surface area contributed by atoms with Gasteiger partial charge in [-0.3, -0.25) is 4.79 Å². The van der Waals surface area contributed by atoms with Crippen molar-refractivity contribution in [3.63, 3.8) is 0 Å². The van der Waals surface area contributed by atoms with Crippen LogP contribution in [0.1, 0.15) is 55.3 Å². The molecular weight excluding hydrogens is 342 g/mol. The van der Waals surface area contributed by atoms with Crippen LogP contribution in [0, 0.1) is 12.8 Å². The number of benzene rings is 1. The van der Waals surface area contributed by atoms with Crippen molar-refractivity contribution in [3.05, 3.63) is 41.5 Å². The molecule has 0 N–H and O–H groups in total. The molecule has 1 saturated heterocycles. The van der Waals surface area contributed by atoms with E-state index in [9.17, 15) is 4.79 Å². The molecule has 1 saturated carbocycles. The predicted molar refractivity (Wildman–Crippen MR) is 101 cm³/mol. The van der Waals surface area contributed by atoms with Crippen molar-refractivity contribution in [2.75, 3.05) is 19.7 Å². The van der Waals surface area contributed by atoms with Gasteiger partial charge in [0.05, 0.1) is 12.5 Å². The summed E-state index contributed by atoms with van der Waals surface area (Å²) in [5, 5.41) is 4.09. The molecule has 1 aliphatic heterocycles. The van der Waals surface area contributed by atoms with Crippen LogP contribution in [0.3, 0.4) is 0 Å². The smallest absolute Gasteiger partial charge is 0.231 e. The fourth-order valence-corrected chi connectivity index (χ4v) is 4.09. The molecule has 1 aromatic carbocycles. The Bertz CT molecular complexity index is 782. The average molecular weight is 369 g/mol. The first-order valence-electron chi connectivity index (χ1n) is 10.00. The first kappa shape index (κ1) is 18.0. The van der Waals surface area contributed by atoms with Crippen molar-refractivity contribution in [3.8, 4) is 5.75 Å². The van der Waals surface area contributed by atoms with Crippen LogP contribution in [0.5, 0.6) is 5.75 Å². The summed E-state index contributed by atoms with van der Waals surface area (Å²) in [5.41, 5.74) is 1.17. The quantitative estimate of drug-likeness (QED) is 0.779. The normalized spacial score (nSPS) is 20.3. The highest BCUT2D eigenvalue weighted by Crippen LogP contribution is 2.31. The number of hydrogen-bond donors (Lipinski definition) is 0. The number of carbonyl (C=O) groups is 1. The minimum atomic E-state index is 0.161. The number of aryl methyl sites for hydroxylation is 1. The zero-order valence-corrected chi connectivity index (χ0v) is 15.9. The second-order valence-corrected chi connectivity index (χ2v) is 7.72. The molecule has 2 aromatic rings. The number of nitrogens with zero attached hydrogens (tertiary/aromatic N) is 3. The van der Waals surface area contributed by atoms with E-state index < -0.39 is 0 Å². The van der Waals surface area contributed by atoms with Crippen molar-refractivity contribution in [1.29, 1.82) is 0 Å². The average Bonchev–Trinajstić information content (AvgIpc) is 3.42. The molecule has 0 spiro atoms. The van der Waals surface area contributed by atoms with E-state index in [1.54, 1.807) is 0 Å². The fraction of sp³-hybridized carbons (Fsp3) is 0.571. The maximum absolute atomic E-state index is 12.6. The SMILES string of the molecule is Cc1cccc(OCCc2noc(C3CCN(C(=O)C4CCCC4)C3)n2)c1. The lowest BCUT2D eigenvalue weighted by Crippen LogP contribution is -2.33. The van der Waals surface area contributed by atoms with E-state index in [0.29, 0.717) is 37.2 Å². The molecule has 6 heteroatoms. The molecule has 144 valence electrons. The van der Waals surface area contributed by atoms with Gasteiger partial charge in [0, 0.05) is 25.4 Å². The van der Waals surface area contributed by atoms with E-state index >= 15 is 0 Å². The summed E-state index contributed by atoms with van der Waals surface area (Å²) >= 11 is 0. The Kier molecular flexibility index (Phi) is 5.41. The van der Waals surface area contributed by atoms with Gasteiger partial charge in [0.2, 0.25) is 11.8 Å². The Labute approximate surface area is 159 Å². The number of ether oxygens (including phenoxy) is 1. The molecule has 27 heavy (non-hydrogen) atoms. The lowest BCUT2D eigenvalue weighted by molar-refractivity contribution is -0.134. The topological polar surface area (TPSA) is 68.5 Å². The summed E-state index contributed by atoms with van der Waals surface area (Å²) in [5.74, 6) is 2.90. The zero-order chi connectivity index (χ0) is 18.6. The van der Waals surface area contributed by atoms with Gasteiger partial charge < -0.3 is 14.2 Å². The highest BCUT2D eigenvalue weighted by Gasteiger charge is 2.34. The van der Waals surface area contributed by atoms with Gasteiger partial charge in [0.1, 0.15) is 5.75 Å². The van der Waals surface area contributed by atoms with Gasteiger partial charge in [-0.05, 0) is 43.9 Å². The third-order valence-electron chi connectivity index (χ3n) is 5.62. The molecule has 1 unspecified atom stereocenters. The third kappa shape index (κ3) is 4.31. The lowest BCUT2D eigenvalue weighted by atomic mass is 10.1. The van der Waals surface area contributed by atoms with Crippen LogP contribution >= 0.6 is 0 Å². The van der Waals surface area contributed by atoms with Crippen LogP contribution in [0.15, 0.2) is 28.8 Å². The summed E-state index contributed by atoms with van der Waals surface area (Å²) in [6.45, 7) is 4.06. The van der Waals surface area contributed by atoms with Gasteiger partial charge in [-0.2, -0.15) is 4.98 Å². The van der Waals surface area contributed by atoms with E-state index in [1.807, 2.05) is 36.1 Å². The van der Waals surface area contributed by atoms with Gasteiger partial charge in [-0.1, -0.05) is 30.1 Å². The van der Waals surface area contributed by atoms with Gasteiger partial charge in [-0.15, -0.1) is 0 Å². The monoisotopic (exact) mass is 369 g/mol. The number of aromatic nitrogens is 2. The minimum absolute atomic E-state index is 0.161. The van der Waals surface area contributed by atoms with Gasteiger partial charge >= 0.3 is 0 Å². The first-order chi connectivity index (χ1) is 13.2. The first-order valence-corrected chi connectivity index (χ1v) is 10.00. The number of likely N-dealkylation sites (tertiary alicyclic amines) is 1. The molecule has 2 heterocycles. The van der Waals surface area contributed by atoms with Crippen molar-refractivity contribution in [2.24, 2.45) is 5.92 Å². The van der Waals surface area contributed by atoms with Crippen molar-refractivity contribution in [1.82, 2.24) is 15.0 Å². The van der Waals surface area contributed by atoms with E-state index in [1.165, 1.54) is 18.4 Å². The zero-order valence-electron chi connectivity index (χ0n) is 15.9. The Morgan fingerprint density at radius 1 is 1.30 bits per heavy atom. The van der Waals surface area contributed by atoms with Crippen molar-refractivity contribution >= 4 is 5.91 Å². The van der Waals surface area contributed by atoms with Crippen LogP contribution in [0.4, 0.5) is 0 Å². The number of rotatable bonds is 6. The molecule has 1 atom stereocenters. The summed E-state index contributed by atoms with van der Waals surface area (Å²) < 4.78 is 11.2. The predicted octanol–water partition coefficient (Wildman–Crippen LogP) is 3.51. The van der Waals surface area contributed by atoms with Gasteiger partial charge in [0.25, 0.3) is 0 Å². The molecule has 1 aromatic heterocycles. The second-order valence-electron chi connectivity index (χ2n) is 7.72. The molecule has 4 rings (SSSR count). The standard InChI is InChI=1S/C21H27N3O3/c1-15-5-4-8-18(13-15)26-12-10-19-22-20(27-23-19)17-9-11-24(14-17)21(25)16-6-2-3-7-16/h4-5,8,13,16-17H,2-3,6-7,9-12,14H2,1H3. The molecule has 0 bridgehead atoms. The van der Waals surface area contributed by atoms with E-state index in [-0.39, 0.29) is 11.8 Å². The number of amides is 1. The molecule has 6 nitrogen and oxygen atoms in total. The molecule has 1 aliphatic carbocycles. The molecule has 0 radical (unpaired) electrons. The van der Waals surface area contributed by atoms with Crippen LogP contribution in [0.2, 0.25) is 0 Å². The number of carbonyl (C=O) groups excluding carboxylic acids is 1. The van der Waals surface area contributed by atoms with Gasteiger partial charge in [-0.25, -0.2) is 0 Å². The Morgan fingerprint density at radius 2 is 2.15 bits per heavy atom. The van der Waals surface area contributed by atoms with Crippen LogP contribution in [-0.2, 0) is 11.2 Å². The van der Waals surface area contributed by atoms with E-state index in [4.69, 9.17) is 9.26 Å². The summed E-state index contributed by atoms with van der Waals surface area (Å²) in [4.78, 5) is 19.1. The maximum atomic E-state index is 12.6. The molecular formula is C21H27N3O3. The Morgan fingerprint density at radius 3 is 2.96 bits per heavy atom. The fourth-order valence-electron chi connectivity index (χ4n) is 4.09. The van der Waals surface area contributed by atoms with E-state index in [0.717, 1.165) is 31.6 Å². The highest BCUT2D eigenvalue weighted by atomic mass is 16.5. The molecule has 2 fully saturated rings. The minimum Gasteiger partial charge on any atom is -0.493 e. The molecule has 2 aliphatic rings. The molecule has 1 amide bonds. The summed E-state index contributed by atoms with van der Waals surface area (Å²) in [6.07, 6.45) is 5.97. The third-order valence-corrected chi connectivity index (χ3v) is 5.62. The second kappa shape index (κ2) is 8.11. The highest BCUT2D eigenvalue weighted by molar-refractivity contribution is 5.79. The summed E-state index contributed by atoms with van der Waals surface area (Å²) in [7, 11) is 0. The van der Waals surface area contributed by atoms with Crippen molar-refractivity contribution in [2.45, 2.75) is 51.4 Å². The van der Waals surface area contributed by atoms with E-state index in [2.05, 4.69) is 10.1 Å². The Hall–Kier alpha value is -2.37. The Balaban J connectivity index is 1.27. The summed E-state index contributed by atoms with van der Waals surface area (Å²) in [6, 6.07) is 7.98. The maximum Gasteiger partial charge on any atom is 0.231 e. The number of hydrogen-bond acceptors (Lipinski definition) is 5. The van der Waals surface area contributed by atoms with Crippen LogP contribution in [0.25, 0.3) is 0 Å². The largest absolute Gasteiger partial charge is 0.493 e. The van der Waals surface area contributed by atoms with Crippen LogP contribution < -0.4 is 4.74 Å². The lowest BCUT2D eigenvalue weighted by Gasteiger charge is -2.19. The van der Waals surface area contributed by atoms with Crippen molar-refractivity contribution < 1.29 is 14.1 Å². The van der Waals surface area contributed by atoms with Crippen LogP contribution in [-0.4, -0.2) is 40.6 Å².